The van der Waals surface area contributed by atoms with Crippen LogP contribution in [0.5, 0.6) is 5.75 Å². The normalized spacial score (nSPS) is 12.1. The molecular formula is C18H19FN2O5S. The van der Waals surface area contributed by atoms with E-state index in [-0.39, 0.29) is 10.5 Å². The van der Waals surface area contributed by atoms with Crippen molar-refractivity contribution in [3.8, 4) is 5.75 Å². The van der Waals surface area contributed by atoms with Crippen molar-refractivity contribution >= 4 is 21.7 Å². The molecule has 27 heavy (non-hydrogen) atoms. The molecule has 1 atom stereocenters. The van der Waals surface area contributed by atoms with Crippen LogP contribution in [0, 0.1) is 12.7 Å². The molecule has 0 fully saturated rings. The van der Waals surface area contributed by atoms with Crippen molar-refractivity contribution in [1.29, 1.82) is 0 Å². The molecule has 2 amide bonds. The highest BCUT2D eigenvalue weighted by Gasteiger charge is 2.18. The number of hydrogen-bond donors (Lipinski definition) is 2. The molecule has 0 heterocycles. The molecule has 144 valence electrons. The van der Waals surface area contributed by atoms with Gasteiger partial charge < -0.3 is 4.74 Å². The van der Waals surface area contributed by atoms with E-state index in [1.54, 1.807) is 6.92 Å². The number of amides is 2. The fourth-order valence-electron chi connectivity index (χ4n) is 2.13. The van der Waals surface area contributed by atoms with Gasteiger partial charge in [0.2, 0.25) is 0 Å². The van der Waals surface area contributed by atoms with E-state index in [1.165, 1.54) is 49.4 Å². The fraction of sp³-hybridized carbons (Fsp3) is 0.222. The summed E-state index contributed by atoms with van der Waals surface area (Å²) in [7, 11) is -3.47. The van der Waals surface area contributed by atoms with E-state index in [9.17, 15) is 22.4 Å². The third-order valence-electron chi connectivity index (χ3n) is 3.68. The first kappa shape index (κ1) is 20.4. The molecule has 0 unspecified atom stereocenters. The number of rotatable bonds is 5. The lowest BCUT2D eigenvalue weighted by atomic mass is 10.1. The summed E-state index contributed by atoms with van der Waals surface area (Å²) in [4.78, 5) is 24.3. The van der Waals surface area contributed by atoms with Crippen molar-refractivity contribution in [2.45, 2.75) is 24.8 Å². The number of carbonyl (C=O) groups excluding carboxylic acids is 2. The highest BCUT2D eigenvalue weighted by Crippen LogP contribution is 2.16. The first-order chi connectivity index (χ1) is 12.6. The van der Waals surface area contributed by atoms with Gasteiger partial charge in [-0.2, -0.15) is 0 Å². The summed E-state index contributed by atoms with van der Waals surface area (Å²) in [6.45, 7) is 3.10. The molecule has 9 heteroatoms. The van der Waals surface area contributed by atoms with Gasteiger partial charge in [0.25, 0.3) is 11.8 Å². The molecule has 0 saturated carbocycles. The van der Waals surface area contributed by atoms with E-state index in [0.717, 1.165) is 6.26 Å². The Hall–Kier alpha value is -2.94. The molecule has 0 aliphatic heterocycles. The minimum atomic E-state index is -3.47. The lowest BCUT2D eigenvalue weighted by Crippen LogP contribution is -2.47. The SMILES string of the molecule is Cc1ccc(S(C)(=O)=O)cc1C(=O)NNC(=O)[C@@H](C)Oc1ccc(F)cc1. The monoisotopic (exact) mass is 394 g/mol. The fourth-order valence-corrected chi connectivity index (χ4v) is 2.78. The zero-order chi connectivity index (χ0) is 20.2. The van der Waals surface area contributed by atoms with Crippen molar-refractivity contribution in [2.24, 2.45) is 0 Å². The Kier molecular flexibility index (Phi) is 6.17. The smallest absolute Gasteiger partial charge is 0.279 e. The molecule has 2 aromatic carbocycles. The van der Waals surface area contributed by atoms with Gasteiger partial charge in [0.1, 0.15) is 11.6 Å². The number of hydrazine groups is 1. The van der Waals surface area contributed by atoms with Crippen LogP contribution in [-0.2, 0) is 14.6 Å². The summed E-state index contributed by atoms with van der Waals surface area (Å²) in [5.41, 5.74) is 5.09. The number of benzene rings is 2. The predicted molar refractivity (Wildman–Crippen MR) is 96.4 cm³/mol. The molecule has 0 spiro atoms. The van der Waals surface area contributed by atoms with Gasteiger partial charge in [-0.3, -0.25) is 20.4 Å². The summed E-state index contributed by atoms with van der Waals surface area (Å²) >= 11 is 0. The van der Waals surface area contributed by atoms with Crippen LogP contribution in [0.1, 0.15) is 22.8 Å². The summed E-state index contributed by atoms with van der Waals surface area (Å²) in [6, 6.07) is 9.28. The Labute approximate surface area is 156 Å². The summed E-state index contributed by atoms with van der Waals surface area (Å²) < 4.78 is 41.5. The average Bonchev–Trinajstić information content (AvgIpc) is 2.60. The summed E-state index contributed by atoms with van der Waals surface area (Å²) in [6.07, 6.45) is 0.0782. The quantitative estimate of drug-likeness (QED) is 0.753. The van der Waals surface area contributed by atoms with Gasteiger partial charge >= 0.3 is 0 Å². The average molecular weight is 394 g/mol. The Balaban J connectivity index is 2.00. The van der Waals surface area contributed by atoms with E-state index in [2.05, 4.69) is 10.9 Å². The van der Waals surface area contributed by atoms with Crippen molar-refractivity contribution in [2.75, 3.05) is 6.26 Å². The van der Waals surface area contributed by atoms with Crippen LogP contribution >= 0.6 is 0 Å². The van der Waals surface area contributed by atoms with Gasteiger partial charge in [-0.15, -0.1) is 0 Å². The maximum atomic E-state index is 12.9. The third-order valence-corrected chi connectivity index (χ3v) is 4.79. The van der Waals surface area contributed by atoms with Crippen LogP contribution in [-0.4, -0.2) is 32.6 Å². The number of ether oxygens (including phenoxy) is 1. The van der Waals surface area contributed by atoms with E-state index in [1.807, 2.05) is 0 Å². The van der Waals surface area contributed by atoms with Gasteiger partial charge in [-0.25, -0.2) is 12.8 Å². The minimum Gasteiger partial charge on any atom is -0.481 e. The standard InChI is InChI=1S/C18H19FN2O5S/c1-11-4-9-15(27(3,24)25)10-16(11)18(23)21-20-17(22)12(2)26-14-7-5-13(19)6-8-14/h4-10,12H,1-3H3,(H,20,22)(H,21,23)/t12-/m1/s1. The molecule has 2 rings (SSSR count). The first-order valence-corrected chi connectivity index (χ1v) is 9.80. The molecular weight excluding hydrogens is 375 g/mol. The Morgan fingerprint density at radius 3 is 2.30 bits per heavy atom. The highest BCUT2D eigenvalue weighted by molar-refractivity contribution is 7.90. The van der Waals surface area contributed by atoms with Gasteiger partial charge in [-0.05, 0) is 55.8 Å². The lowest BCUT2D eigenvalue weighted by molar-refractivity contribution is -0.128. The Bertz CT molecular complexity index is 958. The molecule has 0 radical (unpaired) electrons. The second-order valence-electron chi connectivity index (χ2n) is 5.91. The maximum absolute atomic E-state index is 12.9. The number of carbonyl (C=O) groups is 2. The maximum Gasteiger partial charge on any atom is 0.279 e. The zero-order valence-electron chi connectivity index (χ0n) is 14.9. The first-order valence-electron chi connectivity index (χ1n) is 7.91. The van der Waals surface area contributed by atoms with Gasteiger partial charge in [0.15, 0.2) is 15.9 Å². The largest absolute Gasteiger partial charge is 0.481 e. The number of halogens is 1. The molecule has 0 aliphatic rings. The summed E-state index contributed by atoms with van der Waals surface area (Å²) in [5, 5.41) is 0. The zero-order valence-corrected chi connectivity index (χ0v) is 15.8. The lowest BCUT2D eigenvalue weighted by Gasteiger charge is -2.15. The number of hydrogen-bond acceptors (Lipinski definition) is 5. The van der Waals surface area contributed by atoms with Crippen LogP contribution in [0.4, 0.5) is 4.39 Å². The van der Waals surface area contributed by atoms with Crippen LogP contribution in [0.2, 0.25) is 0 Å². The van der Waals surface area contributed by atoms with Crippen LogP contribution < -0.4 is 15.6 Å². The van der Waals surface area contributed by atoms with Crippen molar-refractivity contribution in [1.82, 2.24) is 10.9 Å². The predicted octanol–water partition coefficient (Wildman–Crippen LogP) is 1.77. The number of sulfone groups is 1. The number of aryl methyl sites for hydroxylation is 1. The topological polar surface area (TPSA) is 102 Å². The van der Waals surface area contributed by atoms with Crippen molar-refractivity contribution in [3.63, 3.8) is 0 Å². The van der Waals surface area contributed by atoms with Gasteiger partial charge in [0, 0.05) is 11.8 Å². The Morgan fingerprint density at radius 2 is 1.70 bits per heavy atom. The molecule has 2 N–H and O–H groups in total. The van der Waals surface area contributed by atoms with Gasteiger partial charge in [-0.1, -0.05) is 6.07 Å². The highest BCUT2D eigenvalue weighted by atomic mass is 32.2. The van der Waals surface area contributed by atoms with Crippen molar-refractivity contribution < 1.29 is 27.1 Å². The third kappa shape index (κ3) is 5.52. The van der Waals surface area contributed by atoms with E-state index < -0.39 is 33.6 Å². The minimum absolute atomic E-state index is 0.00223. The second-order valence-corrected chi connectivity index (χ2v) is 7.92. The van der Waals surface area contributed by atoms with Crippen LogP contribution in [0.3, 0.4) is 0 Å². The molecule has 0 bridgehead atoms. The van der Waals surface area contributed by atoms with E-state index in [0.29, 0.717) is 11.3 Å². The van der Waals surface area contributed by atoms with Crippen LogP contribution in [0.15, 0.2) is 47.4 Å². The Morgan fingerprint density at radius 1 is 1.07 bits per heavy atom. The second kappa shape index (κ2) is 8.17. The molecule has 0 aromatic heterocycles. The van der Waals surface area contributed by atoms with E-state index >= 15 is 0 Å². The summed E-state index contributed by atoms with van der Waals surface area (Å²) in [5.74, 6) is -1.44. The molecule has 0 saturated heterocycles. The van der Waals surface area contributed by atoms with Crippen LogP contribution in [0.25, 0.3) is 0 Å². The number of nitrogens with one attached hydrogen (secondary N) is 2. The molecule has 7 nitrogen and oxygen atoms in total. The molecule has 0 aliphatic carbocycles. The van der Waals surface area contributed by atoms with Gasteiger partial charge in [0.05, 0.1) is 4.90 Å². The molecule has 2 aromatic rings. The van der Waals surface area contributed by atoms with Crippen molar-refractivity contribution in [3.05, 3.63) is 59.4 Å². The van der Waals surface area contributed by atoms with E-state index in [4.69, 9.17) is 4.74 Å².